The first kappa shape index (κ1) is 18.3. The monoisotopic (exact) mass is 377 g/mol. The van der Waals surface area contributed by atoms with E-state index >= 15 is 0 Å². The Labute approximate surface area is 154 Å². The molecule has 2 aliphatic heterocycles. The van der Waals surface area contributed by atoms with Gasteiger partial charge in [0.25, 0.3) is 0 Å². The second kappa shape index (κ2) is 7.01. The van der Waals surface area contributed by atoms with Crippen LogP contribution in [0.5, 0.6) is 0 Å². The number of cyclic esters (lactones) is 1. The molecular weight excluding hydrogens is 358 g/mol. The first-order chi connectivity index (χ1) is 12.4. The van der Waals surface area contributed by atoms with Crippen molar-refractivity contribution in [2.75, 3.05) is 6.54 Å². The van der Waals surface area contributed by atoms with Crippen molar-refractivity contribution >= 4 is 29.1 Å². The number of thiazole rings is 1. The van der Waals surface area contributed by atoms with E-state index in [1.165, 1.54) is 16.2 Å². The van der Waals surface area contributed by atoms with Gasteiger partial charge in [-0.15, -0.1) is 11.3 Å². The molecule has 0 saturated carbocycles. The molecule has 2 aliphatic rings. The molecule has 9 nitrogen and oxygen atoms in total. The Bertz CT molecular complexity index is 761. The largest absolute Gasteiger partial charge is 0.444 e. The van der Waals surface area contributed by atoms with Crippen LogP contribution in [0, 0.1) is 11.3 Å². The molecule has 2 fully saturated rings. The van der Waals surface area contributed by atoms with Crippen molar-refractivity contribution in [2.24, 2.45) is 5.73 Å². The molecule has 138 valence electrons. The van der Waals surface area contributed by atoms with E-state index in [2.05, 4.69) is 10.3 Å². The molecule has 4 atom stereocenters. The number of alkyl carbamates (subject to hydrolysis) is 1. The Hall–Kier alpha value is -2.51. The summed E-state index contributed by atoms with van der Waals surface area (Å²) in [5.41, 5.74) is 6.72. The Kier molecular flexibility index (Phi) is 4.93. The second-order valence-corrected chi connectivity index (χ2v) is 7.17. The number of nitrogens with zero attached hydrogens (tertiary/aromatic N) is 3. The van der Waals surface area contributed by atoms with Crippen LogP contribution in [0.25, 0.3) is 0 Å². The van der Waals surface area contributed by atoms with Gasteiger partial charge < -0.3 is 20.7 Å². The lowest BCUT2D eigenvalue weighted by Crippen LogP contribution is -2.61. The van der Waals surface area contributed by atoms with Gasteiger partial charge in [-0.05, 0) is 19.8 Å². The predicted molar refractivity (Wildman–Crippen MR) is 91.0 cm³/mol. The van der Waals surface area contributed by atoms with Gasteiger partial charge >= 0.3 is 6.09 Å². The second-order valence-electron chi connectivity index (χ2n) is 6.45. The van der Waals surface area contributed by atoms with Crippen molar-refractivity contribution in [2.45, 2.75) is 49.9 Å². The Balaban J connectivity index is 1.82. The summed E-state index contributed by atoms with van der Waals surface area (Å²) >= 11 is 1.40. The number of likely N-dealkylation sites (tertiary alicyclic amines) is 1. The van der Waals surface area contributed by atoms with Crippen LogP contribution in [0.15, 0.2) is 10.9 Å². The molecule has 1 aromatic heterocycles. The predicted octanol–water partition coefficient (Wildman–Crippen LogP) is -0.0363. The fraction of sp³-hybridized carbons (Fsp3) is 0.562. The molecule has 3 rings (SSSR count). The maximum absolute atomic E-state index is 13.0. The third kappa shape index (κ3) is 3.04. The van der Waals surface area contributed by atoms with Gasteiger partial charge in [0.2, 0.25) is 5.91 Å². The lowest BCUT2D eigenvalue weighted by Gasteiger charge is -2.34. The zero-order valence-corrected chi connectivity index (χ0v) is 15.0. The summed E-state index contributed by atoms with van der Waals surface area (Å²) in [4.78, 5) is 42.7. The molecule has 2 amide bonds. The standard InChI is InChI=1S/C16H19N5O4S/c1-9-12(20-15(24)25-9)13(22)16(7-17)3-2-4-21(16)14(23)11(18)5-10-6-26-8-19-10/h6,8-9,11-12H,2-5,18H2,1H3,(H,20,24)/t9-,11-,12-,16-/m0/s1. The number of hydrogen-bond donors (Lipinski definition) is 2. The maximum atomic E-state index is 13.0. The van der Waals surface area contributed by atoms with Gasteiger partial charge in [0, 0.05) is 18.3 Å². The lowest BCUT2D eigenvalue weighted by molar-refractivity contribution is -0.143. The molecule has 0 aromatic carbocycles. The van der Waals surface area contributed by atoms with Crippen molar-refractivity contribution in [3.8, 4) is 6.07 Å². The number of carbonyl (C=O) groups is 3. The summed E-state index contributed by atoms with van der Waals surface area (Å²) in [6, 6.07) is 0.146. The Morgan fingerprint density at radius 1 is 1.65 bits per heavy atom. The number of nitrogens with two attached hydrogens (primary N) is 1. The van der Waals surface area contributed by atoms with Crippen LogP contribution >= 0.6 is 11.3 Å². The molecule has 0 bridgehead atoms. The average Bonchev–Trinajstić information content (AvgIpc) is 3.33. The molecule has 2 saturated heterocycles. The van der Waals surface area contributed by atoms with Crippen LogP contribution in [0.2, 0.25) is 0 Å². The minimum atomic E-state index is -1.64. The molecule has 10 heteroatoms. The van der Waals surface area contributed by atoms with E-state index in [4.69, 9.17) is 10.5 Å². The summed E-state index contributed by atoms with van der Waals surface area (Å²) in [6.07, 6.45) is -0.476. The van der Waals surface area contributed by atoms with E-state index in [-0.39, 0.29) is 19.4 Å². The highest BCUT2D eigenvalue weighted by molar-refractivity contribution is 7.07. The number of aromatic nitrogens is 1. The van der Waals surface area contributed by atoms with Crippen LogP contribution in [0.4, 0.5) is 4.79 Å². The smallest absolute Gasteiger partial charge is 0.408 e. The summed E-state index contributed by atoms with van der Waals surface area (Å²) in [7, 11) is 0. The number of amides is 2. The van der Waals surface area contributed by atoms with Crippen LogP contribution < -0.4 is 11.1 Å². The third-order valence-electron chi connectivity index (χ3n) is 4.79. The van der Waals surface area contributed by atoms with Crippen molar-refractivity contribution < 1.29 is 19.1 Å². The number of carbonyl (C=O) groups excluding carboxylic acids is 3. The van der Waals surface area contributed by atoms with Gasteiger partial charge in [0.15, 0.2) is 11.3 Å². The van der Waals surface area contributed by atoms with E-state index in [1.807, 2.05) is 6.07 Å². The van der Waals surface area contributed by atoms with E-state index in [0.29, 0.717) is 12.1 Å². The van der Waals surface area contributed by atoms with Gasteiger partial charge in [-0.3, -0.25) is 9.59 Å². The fourth-order valence-electron chi connectivity index (χ4n) is 3.45. The van der Waals surface area contributed by atoms with Gasteiger partial charge in [0.1, 0.15) is 12.1 Å². The highest BCUT2D eigenvalue weighted by Crippen LogP contribution is 2.33. The summed E-state index contributed by atoms with van der Waals surface area (Å²) in [5, 5.41) is 14.0. The van der Waals surface area contributed by atoms with Crippen LogP contribution in [-0.4, -0.2) is 57.9 Å². The van der Waals surface area contributed by atoms with Crippen molar-refractivity contribution in [1.82, 2.24) is 15.2 Å². The number of ketones is 1. The average molecular weight is 377 g/mol. The fourth-order valence-corrected chi connectivity index (χ4v) is 4.02. The summed E-state index contributed by atoms with van der Waals surface area (Å²) in [5.74, 6) is -1.01. The van der Waals surface area contributed by atoms with Crippen molar-refractivity contribution in [1.29, 1.82) is 5.26 Å². The Morgan fingerprint density at radius 2 is 2.42 bits per heavy atom. The van der Waals surface area contributed by atoms with Crippen LogP contribution in [0.1, 0.15) is 25.5 Å². The topological polar surface area (TPSA) is 138 Å². The van der Waals surface area contributed by atoms with Gasteiger partial charge in [-0.2, -0.15) is 5.26 Å². The molecule has 0 aliphatic carbocycles. The van der Waals surface area contributed by atoms with E-state index in [0.717, 1.165) is 0 Å². The number of Topliss-reactive ketones (excluding diaryl/α,β-unsaturated/α-hetero) is 1. The number of ether oxygens (including phenoxy) is 1. The van der Waals surface area contributed by atoms with Crippen LogP contribution in [-0.2, 0) is 20.7 Å². The van der Waals surface area contributed by atoms with Gasteiger partial charge in [-0.1, -0.05) is 0 Å². The zero-order chi connectivity index (χ0) is 18.9. The minimum Gasteiger partial charge on any atom is -0.444 e. The lowest BCUT2D eigenvalue weighted by atomic mass is 9.86. The number of nitrogens with one attached hydrogen (secondary N) is 1. The highest BCUT2D eigenvalue weighted by atomic mass is 32.1. The third-order valence-corrected chi connectivity index (χ3v) is 5.42. The molecule has 0 radical (unpaired) electrons. The number of rotatable bonds is 5. The summed E-state index contributed by atoms with van der Waals surface area (Å²) < 4.78 is 4.94. The zero-order valence-electron chi connectivity index (χ0n) is 14.2. The first-order valence-corrected chi connectivity index (χ1v) is 9.20. The number of nitriles is 1. The van der Waals surface area contributed by atoms with Gasteiger partial charge in [-0.25, -0.2) is 9.78 Å². The molecule has 3 heterocycles. The molecule has 3 N–H and O–H groups in total. The Morgan fingerprint density at radius 3 is 3.00 bits per heavy atom. The maximum Gasteiger partial charge on any atom is 0.408 e. The van der Waals surface area contributed by atoms with E-state index in [1.54, 1.807) is 17.8 Å². The quantitative estimate of drug-likeness (QED) is 0.734. The van der Waals surface area contributed by atoms with Crippen LogP contribution in [0.3, 0.4) is 0 Å². The normalized spacial score (nSPS) is 29.0. The highest BCUT2D eigenvalue weighted by Gasteiger charge is 2.55. The first-order valence-electron chi connectivity index (χ1n) is 8.26. The number of hydrogen-bond acceptors (Lipinski definition) is 8. The van der Waals surface area contributed by atoms with Gasteiger partial charge in [0.05, 0.1) is 23.3 Å². The van der Waals surface area contributed by atoms with Crippen molar-refractivity contribution in [3.63, 3.8) is 0 Å². The van der Waals surface area contributed by atoms with E-state index in [9.17, 15) is 19.6 Å². The van der Waals surface area contributed by atoms with Crippen molar-refractivity contribution in [3.05, 3.63) is 16.6 Å². The molecule has 1 aromatic rings. The molecule has 0 unspecified atom stereocenters. The summed E-state index contributed by atoms with van der Waals surface area (Å²) in [6.45, 7) is 1.83. The van der Waals surface area contributed by atoms with E-state index < -0.39 is 41.5 Å². The molecular formula is C16H19N5O4S. The molecule has 26 heavy (non-hydrogen) atoms. The SMILES string of the molecule is C[C@@H]1OC(=O)N[C@@H]1C(=O)[C@@]1(C#N)CCCN1C(=O)[C@@H](N)Cc1cscn1. The molecule has 0 spiro atoms. The minimum absolute atomic E-state index is 0.205.